The van der Waals surface area contributed by atoms with Crippen LogP contribution in [-0.4, -0.2) is 5.78 Å². The topological polar surface area (TPSA) is 17.1 Å². The number of carbonyl (C=O) groups is 1. The highest BCUT2D eigenvalue weighted by atomic mass is 16.1. The number of ketones is 1. The molecule has 1 aliphatic rings. The molecule has 0 aromatic heterocycles. The van der Waals surface area contributed by atoms with E-state index in [4.69, 9.17) is 0 Å². The number of Topliss-reactive ketones (excluding diaryl/α,β-unsaturated/α-hetero) is 1. The predicted molar refractivity (Wildman–Crippen MR) is 73.9 cm³/mol. The Hall–Kier alpha value is -0.590. The third-order valence-corrected chi connectivity index (χ3v) is 3.90. The predicted octanol–water partition coefficient (Wildman–Crippen LogP) is 4.62. The van der Waals surface area contributed by atoms with Gasteiger partial charge in [-0.05, 0) is 35.2 Å². The van der Waals surface area contributed by atoms with Gasteiger partial charge in [0.15, 0.2) is 5.78 Å². The molecule has 2 unspecified atom stereocenters. The van der Waals surface area contributed by atoms with E-state index in [1.54, 1.807) is 0 Å². The van der Waals surface area contributed by atoms with Crippen LogP contribution in [0, 0.1) is 22.7 Å². The molecule has 0 fully saturated rings. The lowest BCUT2D eigenvalue weighted by atomic mass is 9.64. The molecule has 1 heteroatoms. The summed E-state index contributed by atoms with van der Waals surface area (Å²) in [6.45, 7) is 15.2. The maximum absolute atomic E-state index is 12.6. The second kappa shape index (κ2) is 4.59. The van der Waals surface area contributed by atoms with Crippen molar-refractivity contribution in [3.05, 3.63) is 11.6 Å². The molecule has 0 bridgehead atoms. The van der Waals surface area contributed by atoms with Crippen molar-refractivity contribution in [2.45, 2.75) is 61.3 Å². The molecule has 0 saturated heterocycles. The summed E-state index contributed by atoms with van der Waals surface area (Å²) >= 11 is 0. The minimum absolute atomic E-state index is 0.0194. The summed E-state index contributed by atoms with van der Waals surface area (Å²) in [5.74, 6) is 1.15. The summed E-state index contributed by atoms with van der Waals surface area (Å²) < 4.78 is 0. The van der Waals surface area contributed by atoms with Gasteiger partial charge in [-0.1, -0.05) is 54.5 Å². The van der Waals surface area contributed by atoms with Gasteiger partial charge in [0.05, 0.1) is 0 Å². The first-order valence-corrected chi connectivity index (χ1v) is 6.84. The molecule has 2 atom stereocenters. The van der Waals surface area contributed by atoms with Crippen LogP contribution in [0.15, 0.2) is 11.6 Å². The lowest BCUT2D eigenvalue weighted by molar-refractivity contribution is -0.124. The lowest BCUT2D eigenvalue weighted by Gasteiger charge is -2.39. The Morgan fingerprint density at radius 2 is 1.71 bits per heavy atom. The molecule has 0 amide bonds. The molecule has 1 rings (SSSR count). The van der Waals surface area contributed by atoms with Crippen LogP contribution < -0.4 is 0 Å². The molecule has 0 aliphatic heterocycles. The Morgan fingerprint density at radius 1 is 1.18 bits per heavy atom. The molecule has 1 aliphatic carbocycles. The summed E-state index contributed by atoms with van der Waals surface area (Å²) in [5.41, 5.74) is 1.11. The first kappa shape index (κ1) is 14.5. The molecule has 0 aromatic carbocycles. The van der Waals surface area contributed by atoms with Gasteiger partial charge in [0, 0.05) is 5.92 Å². The van der Waals surface area contributed by atoms with Crippen LogP contribution in [0.1, 0.15) is 61.3 Å². The molecule has 0 radical (unpaired) electrons. The average Bonchev–Trinajstić information content (AvgIpc) is 2.14. The molecular formula is C16H28O. The average molecular weight is 236 g/mol. The molecule has 0 saturated carbocycles. The minimum atomic E-state index is -0.0194. The monoisotopic (exact) mass is 236 g/mol. The smallest absolute Gasteiger partial charge is 0.162 e. The first-order chi connectivity index (χ1) is 7.57. The Kier molecular flexibility index (Phi) is 3.91. The second-order valence-corrected chi connectivity index (χ2v) is 7.52. The van der Waals surface area contributed by atoms with Crippen LogP contribution in [0.5, 0.6) is 0 Å². The van der Waals surface area contributed by atoms with Crippen molar-refractivity contribution in [2.24, 2.45) is 22.7 Å². The lowest BCUT2D eigenvalue weighted by Crippen LogP contribution is -2.37. The van der Waals surface area contributed by atoms with Crippen LogP contribution in [0.25, 0.3) is 0 Å². The number of allylic oxidation sites excluding steroid dienone is 2. The van der Waals surface area contributed by atoms with E-state index in [-0.39, 0.29) is 16.7 Å². The highest BCUT2D eigenvalue weighted by molar-refractivity contribution is 5.99. The Labute approximate surface area is 107 Å². The van der Waals surface area contributed by atoms with Gasteiger partial charge in [0.2, 0.25) is 0 Å². The van der Waals surface area contributed by atoms with Crippen LogP contribution in [0.3, 0.4) is 0 Å². The van der Waals surface area contributed by atoms with Crippen molar-refractivity contribution in [3.8, 4) is 0 Å². The van der Waals surface area contributed by atoms with Crippen molar-refractivity contribution in [1.29, 1.82) is 0 Å². The van der Waals surface area contributed by atoms with Crippen molar-refractivity contribution < 1.29 is 4.79 Å². The summed E-state index contributed by atoms with van der Waals surface area (Å²) in [6, 6.07) is 0. The van der Waals surface area contributed by atoms with Gasteiger partial charge in [-0.2, -0.15) is 0 Å². The third-order valence-electron chi connectivity index (χ3n) is 3.90. The first-order valence-electron chi connectivity index (χ1n) is 6.84. The van der Waals surface area contributed by atoms with E-state index >= 15 is 0 Å². The molecule has 0 N–H and O–H groups in total. The van der Waals surface area contributed by atoms with E-state index < -0.39 is 0 Å². The SMILES string of the molecule is CCC1C=C(C(C)(C)C)C(=O)C(C(C)(C)C)C1. The summed E-state index contributed by atoms with van der Waals surface area (Å²) in [7, 11) is 0. The summed E-state index contributed by atoms with van der Waals surface area (Å²) in [5, 5.41) is 0. The van der Waals surface area contributed by atoms with E-state index in [2.05, 4.69) is 54.5 Å². The van der Waals surface area contributed by atoms with E-state index in [9.17, 15) is 4.79 Å². The quantitative estimate of drug-likeness (QED) is 0.649. The normalized spacial score (nSPS) is 27.0. The molecule has 1 nitrogen and oxygen atoms in total. The molecule has 0 heterocycles. The number of hydrogen-bond acceptors (Lipinski definition) is 1. The molecule has 98 valence electrons. The fourth-order valence-electron chi connectivity index (χ4n) is 2.63. The van der Waals surface area contributed by atoms with Gasteiger partial charge >= 0.3 is 0 Å². The van der Waals surface area contributed by atoms with Gasteiger partial charge in [-0.15, -0.1) is 0 Å². The molecule has 0 spiro atoms. The van der Waals surface area contributed by atoms with Crippen molar-refractivity contribution in [1.82, 2.24) is 0 Å². The zero-order chi connectivity index (χ0) is 13.4. The van der Waals surface area contributed by atoms with Crippen LogP contribution in [0.4, 0.5) is 0 Å². The number of carbonyl (C=O) groups excluding carboxylic acids is 1. The fourth-order valence-corrected chi connectivity index (χ4v) is 2.63. The van der Waals surface area contributed by atoms with E-state index in [0.29, 0.717) is 11.7 Å². The van der Waals surface area contributed by atoms with Crippen LogP contribution in [-0.2, 0) is 4.79 Å². The number of rotatable bonds is 1. The van der Waals surface area contributed by atoms with E-state index in [1.807, 2.05) is 0 Å². The summed E-state index contributed by atoms with van der Waals surface area (Å²) in [6.07, 6.45) is 4.41. The maximum atomic E-state index is 12.6. The maximum Gasteiger partial charge on any atom is 0.162 e. The summed E-state index contributed by atoms with van der Waals surface area (Å²) in [4.78, 5) is 12.6. The van der Waals surface area contributed by atoms with Gasteiger partial charge in [-0.3, -0.25) is 4.79 Å². The molecular weight excluding hydrogens is 208 g/mol. The molecule has 0 aromatic rings. The van der Waals surface area contributed by atoms with Crippen LogP contribution in [0.2, 0.25) is 0 Å². The van der Waals surface area contributed by atoms with Crippen LogP contribution >= 0.6 is 0 Å². The largest absolute Gasteiger partial charge is 0.294 e. The Balaban J connectivity index is 3.14. The van der Waals surface area contributed by atoms with Crippen molar-refractivity contribution in [2.75, 3.05) is 0 Å². The highest BCUT2D eigenvalue weighted by Crippen LogP contribution is 2.43. The zero-order valence-corrected chi connectivity index (χ0v) is 12.6. The second-order valence-electron chi connectivity index (χ2n) is 7.52. The number of hydrogen-bond donors (Lipinski definition) is 0. The van der Waals surface area contributed by atoms with Gasteiger partial charge in [0.25, 0.3) is 0 Å². The standard InChI is InChI=1S/C16H28O/c1-8-11-9-12(15(2,3)4)14(17)13(10-11)16(5,6)7/h9,11,13H,8,10H2,1-7H3. The van der Waals surface area contributed by atoms with Gasteiger partial charge in [-0.25, -0.2) is 0 Å². The highest BCUT2D eigenvalue weighted by Gasteiger charge is 2.40. The fraction of sp³-hybridized carbons (Fsp3) is 0.812. The van der Waals surface area contributed by atoms with E-state index in [0.717, 1.165) is 18.4 Å². The zero-order valence-electron chi connectivity index (χ0n) is 12.6. The minimum Gasteiger partial charge on any atom is -0.294 e. The Bertz CT molecular complexity index is 322. The van der Waals surface area contributed by atoms with Crippen molar-refractivity contribution >= 4 is 5.78 Å². The van der Waals surface area contributed by atoms with Gasteiger partial charge in [0.1, 0.15) is 0 Å². The van der Waals surface area contributed by atoms with E-state index in [1.165, 1.54) is 0 Å². The molecule has 17 heavy (non-hydrogen) atoms. The third kappa shape index (κ3) is 3.20. The van der Waals surface area contributed by atoms with Gasteiger partial charge < -0.3 is 0 Å². The van der Waals surface area contributed by atoms with Crippen molar-refractivity contribution in [3.63, 3.8) is 0 Å². The Morgan fingerprint density at radius 3 is 2.06 bits per heavy atom.